The van der Waals surface area contributed by atoms with Crippen molar-refractivity contribution in [2.24, 2.45) is 23.2 Å². The summed E-state index contributed by atoms with van der Waals surface area (Å²) in [6, 6.07) is 0.314. The first-order valence-electron chi connectivity index (χ1n) is 8.36. The summed E-state index contributed by atoms with van der Waals surface area (Å²) in [7, 11) is 0. The molecule has 20 heavy (non-hydrogen) atoms. The number of hydrogen-bond donors (Lipinski definition) is 3. The van der Waals surface area contributed by atoms with Crippen LogP contribution in [0.2, 0.25) is 0 Å². The van der Waals surface area contributed by atoms with Crippen molar-refractivity contribution < 1.29 is 9.90 Å². The molecule has 5 rings (SSSR count). The summed E-state index contributed by atoms with van der Waals surface area (Å²) in [6.07, 6.45) is 7.34. The SMILES string of the molecule is O=C(NC1CCCNC1)C12CC3CC(C1)C(O)C(C3)C2. The average molecular weight is 278 g/mol. The molecule has 4 nitrogen and oxygen atoms in total. The molecule has 4 bridgehead atoms. The minimum atomic E-state index is -0.146. The summed E-state index contributed by atoms with van der Waals surface area (Å²) < 4.78 is 0. The van der Waals surface area contributed by atoms with E-state index in [4.69, 9.17) is 0 Å². The highest BCUT2D eigenvalue weighted by atomic mass is 16.3. The zero-order valence-electron chi connectivity index (χ0n) is 12.1. The molecular weight excluding hydrogens is 252 g/mol. The van der Waals surface area contributed by atoms with Crippen LogP contribution in [0.25, 0.3) is 0 Å². The molecule has 3 N–H and O–H groups in total. The van der Waals surface area contributed by atoms with Gasteiger partial charge >= 0.3 is 0 Å². The van der Waals surface area contributed by atoms with Gasteiger partial charge in [-0.1, -0.05) is 0 Å². The van der Waals surface area contributed by atoms with Crippen molar-refractivity contribution in [2.45, 2.75) is 57.1 Å². The number of carbonyl (C=O) groups is 1. The third-order valence-electron chi connectivity index (χ3n) is 6.34. The number of aliphatic hydroxyl groups is 1. The Hall–Kier alpha value is -0.610. The van der Waals surface area contributed by atoms with Crippen LogP contribution in [0, 0.1) is 23.2 Å². The lowest BCUT2D eigenvalue weighted by Crippen LogP contribution is -2.60. The molecule has 1 amide bonds. The van der Waals surface area contributed by atoms with Crippen LogP contribution < -0.4 is 10.6 Å². The van der Waals surface area contributed by atoms with Gasteiger partial charge in [0.05, 0.1) is 11.5 Å². The van der Waals surface area contributed by atoms with E-state index in [1.54, 1.807) is 0 Å². The second-order valence-corrected chi connectivity index (χ2v) is 7.76. The summed E-state index contributed by atoms with van der Waals surface area (Å²) in [6.45, 7) is 2.00. The summed E-state index contributed by atoms with van der Waals surface area (Å²) in [5, 5.41) is 17.0. The highest BCUT2D eigenvalue weighted by Gasteiger charge is 2.58. The summed E-state index contributed by atoms with van der Waals surface area (Å²) in [5.74, 6) is 1.75. The second kappa shape index (κ2) is 4.70. The third kappa shape index (κ3) is 2.00. The van der Waals surface area contributed by atoms with Gasteiger partial charge in [0.1, 0.15) is 0 Å². The van der Waals surface area contributed by atoms with E-state index in [-0.39, 0.29) is 17.4 Å². The molecule has 4 heteroatoms. The maximum atomic E-state index is 12.9. The Labute approximate surface area is 120 Å². The number of hydrogen-bond acceptors (Lipinski definition) is 3. The zero-order valence-corrected chi connectivity index (χ0v) is 12.1. The fourth-order valence-electron chi connectivity index (χ4n) is 5.59. The molecule has 5 fully saturated rings. The van der Waals surface area contributed by atoms with Gasteiger partial charge < -0.3 is 15.7 Å². The van der Waals surface area contributed by atoms with E-state index in [2.05, 4.69) is 10.6 Å². The first-order chi connectivity index (χ1) is 9.66. The molecule has 112 valence electrons. The third-order valence-corrected chi connectivity index (χ3v) is 6.34. The van der Waals surface area contributed by atoms with Crippen LogP contribution in [0.4, 0.5) is 0 Å². The lowest BCUT2D eigenvalue weighted by molar-refractivity contribution is -0.163. The molecule has 3 unspecified atom stereocenters. The van der Waals surface area contributed by atoms with Gasteiger partial charge in [0.25, 0.3) is 0 Å². The molecule has 0 spiro atoms. The molecule has 4 saturated carbocycles. The fraction of sp³-hybridized carbons (Fsp3) is 0.938. The number of aliphatic hydroxyl groups excluding tert-OH is 1. The van der Waals surface area contributed by atoms with Crippen molar-refractivity contribution in [2.75, 3.05) is 13.1 Å². The Bertz CT molecular complexity index is 389. The van der Waals surface area contributed by atoms with E-state index in [9.17, 15) is 9.90 Å². The summed E-state index contributed by atoms with van der Waals surface area (Å²) >= 11 is 0. The Morgan fingerprint density at radius 1 is 1.20 bits per heavy atom. The zero-order chi connectivity index (χ0) is 13.7. The van der Waals surface area contributed by atoms with Crippen molar-refractivity contribution in [1.82, 2.24) is 10.6 Å². The van der Waals surface area contributed by atoms with Gasteiger partial charge in [-0.25, -0.2) is 0 Å². The van der Waals surface area contributed by atoms with Gasteiger partial charge in [-0.2, -0.15) is 0 Å². The molecule has 5 aliphatic rings. The normalized spacial score (nSPS) is 50.1. The van der Waals surface area contributed by atoms with Gasteiger partial charge in [0.2, 0.25) is 5.91 Å². The van der Waals surface area contributed by atoms with E-state index >= 15 is 0 Å². The molecule has 0 radical (unpaired) electrons. The van der Waals surface area contributed by atoms with Crippen molar-refractivity contribution in [3.8, 4) is 0 Å². The van der Waals surface area contributed by atoms with Gasteiger partial charge in [0, 0.05) is 12.6 Å². The molecule has 1 saturated heterocycles. The molecular formula is C16H26N2O2. The maximum Gasteiger partial charge on any atom is 0.226 e. The summed E-state index contributed by atoms with van der Waals surface area (Å²) in [4.78, 5) is 12.9. The van der Waals surface area contributed by atoms with Crippen LogP contribution in [0.1, 0.15) is 44.9 Å². The lowest BCUT2D eigenvalue weighted by Gasteiger charge is -2.58. The quantitative estimate of drug-likeness (QED) is 0.707. The van der Waals surface area contributed by atoms with Crippen LogP contribution in [-0.4, -0.2) is 36.2 Å². The number of amides is 1. The molecule has 3 atom stereocenters. The Balaban J connectivity index is 1.48. The van der Waals surface area contributed by atoms with Crippen molar-refractivity contribution in [1.29, 1.82) is 0 Å². The van der Waals surface area contributed by atoms with E-state index in [1.807, 2.05) is 0 Å². The van der Waals surface area contributed by atoms with E-state index in [1.165, 1.54) is 0 Å². The van der Waals surface area contributed by atoms with E-state index < -0.39 is 0 Å². The molecule has 1 heterocycles. The highest BCUT2D eigenvalue weighted by Crippen LogP contribution is 2.60. The smallest absolute Gasteiger partial charge is 0.226 e. The number of carbonyl (C=O) groups excluding carboxylic acids is 1. The average Bonchev–Trinajstić information content (AvgIpc) is 2.45. The minimum Gasteiger partial charge on any atom is -0.393 e. The lowest BCUT2D eigenvalue weighted by atomic mass is 9.48. The monoisotopic (exact) mass is 278 g/mol. The van der Waals surface area contributed by atoms with Crippen LogP contribution in [0.3, 0.4) is 0 Å². The highest BCUT2D eigenvalue weighted by molar-refractivity contribution is 5.83. The van der Waals surface area contributed by atoms with Gasteiger partial charge in [-0.05, 0) is 69.2 Å². The molecule has 1 aliphatic heterocycles. The van der Waals surface area contributed by atoms with Crippen LogP contribution >= 0.6 is 0 Å². The minimum absolute atomic E-state index is 0.135. The maximum absolute atomic E-state index is 12.9. The van der Waals surface area contributed by atoms with Crippen LogP contribution in [-0.2, 0) is 4.79 Å². The molecule has 0 aromatic carbocycles. The molecule has 0 aromatic rings. The largest absolute Gasteiger partial charge is 0.393 e. The van der Waals surface area contributed by atoms with Crippen LogP contribution in [0.15, 0.2) is 0 Å². The van der Waals surface area contributed by atoms with Crippen molar-refractivity contribution in [3.05, 3.63) is 0 Å². The van der Waals surface area contributed by atoms with Crippen LogP contribution in [0.5, 0.6) is 0 Å². The van der Waals surface area contributed by atoms with Gasteiger partial charge in [0.15, 0.2) is 0 Å². The Kier molecular flexibility index (Phi) is 3.08. The van der Waals surface area contributed by atoms with Gasteiger partial charge in [-0.3, -0.25) is 4.79 Å². The standard InChI is InChI=1S/C16H26N2O2/c19-14-11-4-10-5-12(14)8-16(6-10,7-11)15(20)18-13-2-1-3-17-9-13/h10-14,17,19H,1-9H2,(H,18,20). The number of nitrogens with one attached hydrogen (secondary N) is 2. The first-order valence-corrected chi connectivity index (χ1v) is 8.36. The van der Waals surface area contributed by atoms with E-state index in [0.717, 1.165) is 58.0 Å². The van der Waals surface area contributed by atoms with E-state index in [0.29, 0.717) is 23.8 Å². The van der Waals surface area contributed by atoms with Gasteiger partial charge in [-0.15, -0.1) is 0 Å². The first kappa shape index (κ1) is 13.1. The number of rotatable bonds is 2. The number of piperidine rings is 1. The van der Waals surface area contributed by atoms with Crippen molar-refractivity contribution in [3.63, 3.8) is 0 Å². The molecule has 4 aliphatic carbocycles. The fourth-order valence-corrected chi connectivity index (χ4v) is 5.59. The molecule has 0 aromatic heterocycles. The summed E-state index contributed by atoms with van der Waals surface area (Å²) in [5.41, 5.74) is -0.146. The Morgan fingerprint density at radius 3 is 2.60 bits per heavy atom. The topological polar surface area (TPSA) is 61.4 Å². The Morgan fingerprint density at radius 2 is 1.95 bits per heavy atom. The predicted octanol–water partition coefficient (Wildman–Crippen LogP) is 1.04. The van der Waals surface area contributed by atoms with Crippen molar-refractivity contribution >= 4 is 5.91 Å². The second-order valence-electron chi connectivity index (χ2n) is 7.76. The predicted molar refractivity (Wildman–Crippen MR) is 76.0 cm³/mol.